The highest BCUT2D eigenvalue weighted by Gasteiger charge is 2.52. The van der Waals surface area contributed by atoms with Gasteiger partial charge in [-0.25, -0.2) is 0 Å². The summed E-state index contributed by atoms with van der Waals surface area (Å²) < 4.78 is 0. The number of nitrogens with zero attached hydrogens (tertiary/aromatic N) is 3. The molecule has 4 nitrogen and oxygen atoms in total. The minimum absolute atomic E-state index is 0.162. The van der Waals surface area contributed by atoms with Crippen molar-refractivity contribution in [2.75, 3.05) is 45.2 Å². The van der Waals surface area contributed by atoms with Gasteiger partial charge in [-0.05, 0) is 46.0 Å². The molecule has 2 aliphatic rings. The number of rotatable bonds is 4. The van der Waals surface area contributed by atoms with Crippen molar-refractivity contribution < 1.29 is 4.79 Å². The molecular formula is C17H25N3OS. The number of aryl methyl sites for hydroxylation is 1. The lowest BCUT2D eigenvalue weighted by molar-refractivity contribution is -0.127. The lowest BCUT2D eigenvalue weighted by atomic mass is 10.1. The number of piperazine rings is 1. The summed E-state index contributed by atoms with van der Waals surface area (Å²) in [6.45, 7) is 5.61. The topological polar surface area (TPSA) is 26.8 Å². The zero-order chi connectivity index (χ0) is 15.7. The van der Waals surface area contributed by atoms with Gasteiger partial charge in [0, 0.05) is 37.1 Å². The highest BCUT2D eigenvalue weighted by Crippen LogP contribution is 2.47. The lowest BCUT2D eigenvalue weighted by Gasteiger charge is -2.42. The van der Waals surface area contributed by atoms with E-state index in [1.54, 1.807) is 6.08 Å². The second-order valence-electron chi connectivity index (χ2n) is 6.68. The molecule has 3 rings (SSSR count). The second kappa shape index (κ2) is 6.05. The molecule has 0 bridgehead atoms. The summed E-state index contributed by atoms with van der Waals surface area (Å²) in [5, 5.41) is 1.37. The van der Waals surface area contributed by atoms with E-state index in [1.165, 1.54) is 22.7 Å². The summed E-state index contributed by atoms with van der Waals surface area (Å²) in [5.41, 5.74) is 0.209. The first-order valence-corrected chi connectivity index (χ1v) is 8.76. The molecule has 1 saturated heterocycles. The SMILES string of the molecule is Cc1ccc(N2CCN(C(=O)/C=C/CN(C)C)CC23CC3)s1. The van der Waals surface area contributed by atoms with E-state index in [1.807, 2.05) is 36.4 Å². The highest BCUT2D eigenvalue weighted by atomic mass is 32.1. The molecular weight excluding hydrogens is 294 g/mol. The van der Waals surface area contributed by atoms with Crippen LogP contribution < -0.4 is 4.90 Å². The Bertz CT molecular complexity index is 574. The first kappa shape index (κ1) is 15.6. The third-order valence-electron chi connectivity index (χ3n) is 4.51. The fraction of sp³-hybridized carbons (Fsp3) is 0.588. The summed E-state index contributed by atoms with van der Waals surface area (Å²) in [5.74, 6) is 0.162. The van der Waals surface area contributed by atoms with Crippen molar-refractivity contribution in [2.24, 2.45) is 0 Å². The van der Waals surface area contributed by atoms with Gasteiger partial charge in [-0.15, -0.1) is 11.3 Å². The van der Waals surface area contributed by atoms with Crippen LogP contribution in [0.1, 0.15) is 17.7 Å². The molecule has 1 spiro atoms. The van der Waals surface area contributed by atoms with Gasteiger partial charge in [-0.1, -0.05) is 6.08 Å². The summed E-state index contributed by atoms with van der Waals surface area (Å²) in [6, 6.07) is 4.42. The van der Waals surface area contributed by atoms with Crippen molar-refractivity contribution in [2.45, 2.75) is 25.3 Å². The molecule has 0 atom stereocenters. The zero-order valence-corrected chi connectivity index (χ0v) is 14.5. The molecule has 0 N–H and O–H groups in total. The molecule has 2 fully saturated rings. The average molecular weight is 319 g/mol. The maximum atomic E-state index is 12.3. The van der Waals surface area contributed by atoms with Gasteiger partial charge in [0.15, 0.2) is 0 Å². The Morgan fingerprint density at radius 3 is 2.73 bits per heavy atom. The van der Waals surface area contributed by atoms with Crippen molar-refractivity contribution in [3.05, 3.63) is 29.2 Å². The van der Waals surface area contributed by atoms with Gasteiger partial charge in [0.1, 0.15) is 0 Å². The number of thiophene rings is 1. The fourth-order valence-corrected chi connectivity index (χ4v) is 4.12. The lowest BCUT2D eigenvalue weighted by Crippen LogP contribution is -2.56. The Kier molecular flexibility index (Phi) is 4.28. The summed E-state index contributed by atoms with van der Waals surface area (Å²) >= 11 is 1.87. The second-order valence-corrected chi connectivity index (χ2v) is 7.95. The van der Waals surface area contributed by atoms with Gasteiger partial charge in [0.2, 0.25) is 5.91 Å². The van der Waals surface area contributed by atoms with Crippen LogP contribution in [0.4, 0.5) is 5.00 Å². The number of anilines is 1. The summed E-state index contributed by atoms with van der Waals surface area (Å²) in [6.07, 6.45) is 6.10. The normalized spacial score (nSPS) is 20.4. The third kappa shape index (κ3) is 3.20. The molecule has 1 aromatic heterocycles. The molecule has 2 heterocycles. The number of hydrogen-bond donors (Lipinski definition) is 0. The van der Waals surface area contributed by atoms with E-state index in [9.17, 15) is 4.79 Å². The van der Waals surface area contributed by atoms with Gasteiger partial charge in [0.25, 0.3) is 0 Å². The quantitative estimate of drug-likeness (QED) is 0.797. The number of likely N-dealkylation sites (N-methyl/N-ethyl adjacent to an activating group) is 1. The number of hydrogen-bond acceptors (Lipinski definition) is 4. The van der Waals surface area contributed by atoms with Crippen LogP contribution >= 0.6 is 11.3 Å². The molecule has 1 amide bonds. The Hall–Kier alpha value is -1.33. The molecule has 0 unspecified atom stereocenters. The van der Waals surface area contributed by atoms with E-state index >= 15 is 0 Å². The van der Waals surface area contributed by atoms with Crippen LogP contribution in [-0.2, 0) is 4.79 Å². The molecule has 0 radical (unpaired) electrons. The Labute approximate surface area is 137 Å². The van der Waals surface area contributed by atoms with Crippen molar-refractivity contribution in [3.63, 3.8) is 0 Å². The van der Waals surface area contributed by atoms with Crippen molar-refractivity contribution in [1.82, 2.24) is 9.80 Å². The van der Waals surface area contributed by atoms with Crippen molar-refractivity contribution in [1.29, 1.82) is 0 Å². The Morgan fingerprint density at radius 2 is 2.14 bits per heavy atom. The van der Waals surface area contributed by atoms with Gasteiger partial charge >= 0.3 is 0 Å². The van der Waals surface area contributed by atoms with Gasteiger partial charge < -0.3 is 14.7 Å². The van der Waals surface area contributed by atoms with Crippen LogP contribution in [0.3, 0.4) is 0 Å². The predicted molar refractivity (Wildman–Crippen MR) is 92.6 cm³/mol. The maximum Gasteiger partial charge on any atom is 0.246 e. The van der Waals surface area contributed by atoms with Gasteiger partial charge in [0.05, 0.1) is 10.5 Å². The average Bonchev–Trinajstić information content (AvgIpc) is 3.09. The van der Waals surface area contributed by atoms with E-state index in [-0.39, 0.29) is 11.4 Å². The fourth-order valence-electron chi connectivity index (χ4n) is 3.12. The minimum Gasteiger partial charge on any atom is -0.354 e. The molecule has 22 heavy (non-hydrogen) atoms. The third-order valence-corrected chi connectivity index (χ3v) is 5.54. The van der Waals surface area contributed by atoms with E-state index in [2.05, 4.69) is 28.9 Å². The highest BCUT2D eigenvalue weighted by molar-refractivity contribution is 7.16. The Morgan fingerprint density at radius 1 is 1.36 bits per heavy atom. The first-order chi connectivity index (χ1) is 10.5. The maximum absolute atomic E-state index is 12.3. The first-order valence-electron chi connectivity index (χ1n) is 7.94. The van der Waals surface area contributed by atoms with Crippen LogP contribution in [0.2, 0.25) is 0 Å². The molecule has 1 aromatic rings. The number of carbonyl (C=O) groups is 1. The molecule has 1 saturated carbocycles. The standard InChI is InChI=1S/C17H25N3OS/c1-14-6-7-16(22-14)20-12-11-19(13-17(20)8-9-17)15(21)5-4-10-18(2)3/h4-7H,8-13H2,1-3H3/b5-4+. The van der Waals surface area contributed by atoms with E-state index in [4.69, 9.17) is 0 Å². The Balaban J connectivity index is 1.64. The van der Waals surface area contributed by atoms with Crippen LogP contribution in [0.5, 0.6) is 0 Å². The zero-order valence-electron chi connectivity index (χ0n) is 13.7. The molecule has 120 valence electrons. The monoisotopic (exact) mass is 319 g/mol. The van der Waals surface area contributed by atoms with Gasteiger partial charge in [-0.3, -0.25) is 4.79 Å². The van der Waals surface area contributed by atoms with E-state index in [0.29, 0.717) is 0 Å². The van der Waals surface area contributed by atoms with Crippen LogP contribution in [0.25, 0.3) is 0 Å². The minimum atomic E-state index is 0.162. The van der Waals surface area contributed by atoms with Crippen molar-refractivity contribution >= 4 is 22.2 Å². The van der Waals surface area contributed by atoms with E-state index in [0.717, 1.165) is 26.2 Å². The predicted octanol–water partition coefficient (Wildman–Crippen LogP) is 2.36. The largest absolute Gasteiger partial charge is 0.354 e. The molecule has 0 aromatic carbocycles. The van der Waals surface area contributed by atoms with Crippen LogP contribution in [0.15, 0.2) is 24.3 Å². The summed E-state index contributed by atoms with van der Waals surface area (Å²) in [7, 11) is 4.02. The molecule has 1 aliphatic heterocycles. The van der Waals surface area contributed by atoms with Crippen LogP contribution in [-0.4, -0.2) is 61.5 Å². The van der Waals surface area contributed by atoms with Crippen LogP contribution in [0, 0.1) is 6.92 Å². The van der Waals surface area contributed by atoms with Gasteiger partial charge in [-0.2, -0.15) is 0 Å². The molecule has 5 heteroatoms. The van der Waals surface area contributed by atoms with Crippen molar-refractivity contribution in [3.8, 4) is 0 Å². The summed E-state index contributed by atoms with van der Waals surface area (Å²) in [4.78, 5) is 20.3. The number of amides is 1. The van der Waals surface area contributed by atoms with E-state index < -0.39 is 0 Å². The smallest absolute Gasteiger partial charge is 0.246 e. The number of carbonyl (C=O) groups excluding carboxylic acids is 1. The molecule has 1 aliphatic carbocycles.